The Labute approximate surface area is 151 Å². The maximum absolute atomic E-state index is 13.0. The molecule has 3 rings (SSSR count). The topological polar surface area (TPSA) is 52.6 Å². The van der Waals surface area contributed by atoms with Crippen molar-refractivity contribution in [3.63, 3.8) is 0 Å². The Morgan fingerprint density at radius 3 is 1.96 bits per heavy atom. The van der Waals surface area contributed by atoms with E-state index in [4.69, 9.17) is 9.47 Å². The highest BCUT2D eigenvalue weighted by Gasteiger charge is 2.29. The number of carbonyl (C=O) groups is 2. The molecular formula is C21H21FO4. The monoisotopic (exact) mass is 356 g/mol. The first-order valence-corrected chi connectivity index (χ1v) is 8.76. The zero-order valence-corrected chi connectivity index (χ0v) is 14.6. The number of hydrogen-bond acceptors (Lipinski definition) is 4. The van der Waals surface area contributed by atoms with Crippen molar-refractivity contribution in [3.8, 4) is 16.9 Å². The van der Waals surface area contributed by atoms with Gasteiger partial charge >= 0.3 is 11.9 Å². The molecular weight excluding hydrogens is 335 g/mol. The molecule has 5 heteroatoms. The lowest BCUT2D eigenvalue weighted by Gasteiger charge is -2.26. The van der Waals surface area contributed by atoms with Crippen molar-refractivity contribution in [1.29, 1.82) is 0 Å². The fourth-order valence-electron chi connectivity index (χ4n) is 3.21. The molecule has 26 heavy (non-hydrogen) atoms. The van der Waals surface area contributed by atoms with E-state index in [1.807, 2.05) is 12.1 Å². The minimum Gasteiger partial charge on any atom is -0.463 e. The van der Waals surface area contributed by atoms with Crippen molar-refractivity contribution in [2.24, 2.45) is 5.92 Å². The van der Waals surface area contributed by atoms with Crippen LogP contribution in [0.25, 0.3) is 11.1 Å². The first-order chi connectivity index (χ1) is 12.5. The van der Waals surface area contributed by atoms with Crippen LogP contribution >= 0.6 is 0 Å². The number of halogens is 1. The third-order valence-electron chi connectivity index (χ3n) is 4.59. The lowest BCUT2D eigenvalue weighted by molar-refractivity contribution is -0.149. The minimum absolute atomic E-state index is 0.0912. The molecule has 0 amide bonds. The molecule has 1 saturated carbocycles. The maximum atomic E-state index is 13.0. The number of rotatable bonds is 4. The normalized spacial score (nSPS) is 19.6. The first kappa shape index (κ1) is 18.1. The van der Waals surface area contributed by atoms with Crippen molar-refractivity contribution in [3.05, 3.63) is 54.3 Å². The summed E-state index contributed by atoms with van der Waals surface area (Å²) in [5.41, 5.74) is 1.82. The van der Waals surface area contributed by atoms with Gasteiger partial charge < -0.3 is 9.47 Å². The van der Waals surface area contributed by atoms with Gasteiger partial charge in [0.15, 0.2) is 0 Å². The Bertz CT molecular complexity index is 760. The van der Waals surface area contributed by atoms with Crippen LogP contribution in [0, 0.1) is 11.7 Å². The Balaban J connectivity index is 1.55. The molecule has 0 saturated heterocycles. The summed E-state index contributed by atoms with van der Waals surface area (Å²) in [5.74, 6) is -0.484. The predicted molar refractivity (Wildman–Crippen MR) is 95.0 cm³/mol. The maximum Gasteiger partial charge on any atom is 0.314 e. The molecule has 0 bridgehead atoms. The molecule has 0 N–H and O–H groups in total. The van der Waals surface area contributed by atoms with Gasteiger partial charge in [0.1, 0.15) is 17.7 Å². The highest BCUT2D eigenvalue weighted by atomic mass is 19.1. The van der Waals surface area contributed by atoms with Crippen LogP contribution in [0.15, 0.2) is 48.5 Å². The lowest BCUT2D eigenvalue weighted by atomic mass is 9.87. The molecule has 1 aliphatic rings. The largest absolute Gasteiger partial charge is 0.463 e. The summed E-state index contributed by atoms with van der Waals surface area (Å²) in [6.07, 6.45) is 2.59. The van der Waals surface area contributed by atoms with Crippen LogP contribution < -0.4 is 4.74 Å². The van der Waals surface area contributed by atoms with E-state index in [1.165, 1.54) is 19.1 Å². The van der Waals surface area contributed by atoms with Gasteiger partial charge in [-0.05, 0) is 61.1 Å². The smallest absolute Gasteiger partial charge is 0.314 e. The van der Waals surface area contributed by atoms with E-state index in [2.05, 4.69) is 0 Å². The second kappa shape index (κ2) is 8.13. The van der Waals surface area contributed by atoms with Crippen LogP contribution in [-0.4, -0.2) is 18.0 Å². The van der Waals surface area contributed by atoms with Gasteiger partial charge in [0.2, 0.25) is 0 Å². The van der Waals surface area contributed by atoms with E-state index in [9.17, 15) is 14.0 Å². The molecule has 0 unspecified atom stereocenters. The molecule has 0 aromatic heterocycles. The summed E-state index contributed by atoms with van der Waals surface area (Å²) in [4.78, 5) is 23.3. The van der Waals surface area contributed by atoms with Gasteiger partial charge in [0.25, 0.3) is 0 Å². The molecule has 0 spiro atoms. The Hall–Kier alpha value is -2.69. The van der Waals surface area contributed by atoms with Crippen LogP contribution in [0.4, 0.5) is 4.39 Å². The lowest BCUT2D eigenvalue weighted by Crippen LogP contribution is -2.29. The standard InChI is InChI=1S/C21H21FO4/c1-14(23)25-19-12-6-17(7-13-19)21(24)26-20-10-4-16(5-11-20)15-2-8-18(22)9-3-15/h2-5,8-11,17,19H,6-7,12-13H2,1H3. The summed E-state index contributed by atoms with van der Waals surface area (Å²) in [7, 11) is 0. The third-order valence-corrected chi connectivity index (χ3v) is 4.59. The van der Waals surface area contributed by atoms with E-state index in [-0.39, 0.29) is 29.8 Å². The van der Waals surface area contributed by atoms with Crippen molar-refractivity contribution < 1.29 is 23.5 Å². The molecule has 136 valence electrons. The summed E-state index contributed by atoms with van der Waals surface area (Å²) in [6.45, 7) is 1.40. The van der Waals surface area contributed by atoms with Crippen molar-refractivity contribution in [2.75, 3.05) is 0 Å². The molecule has 2 aromatic rings. The number of ether oxygens (including phenoxy) is 2. The van der Waals surface area contributed by atoms with Crippen molar-refractivity contribution >= 4 is 11.9 Å². The van der Waals surface area contributed by atoms with E-state index < -0.39 is 0 Å². The van der Waals surface area contributed by atoms with Gasteiger partial charge in [-0.15, -0.1) is 0 Å². The van der Waals surface area contributed by atoms with Gasteiger partial charge in [-0.3, -0.25) is 9.59 Å². The Kier molecular flexibility index (Phi) is 5.66. The molecule has 4 nitrogen and oxygen atoms in total. The summed E-state index contributed by atoms with van der Waals surface area (Å²) < 4.78 is 23.7. The van der Waals surface area contributed by atoms with Gasteiger partial charge in [0, 0.05) is 6.92 Å². The number of carbonyl (C=O) groups excluding carboxylic acids is 2. The van der Waals surface area contributed by atoms with Crippen LogP contribution in [0.2, 0.25) is 0 Å². The van der Waals surface area contributed by atoms with Crippen LogP contribution in [0.3, 0.4) is 0 Å². The van der Waals surface area contributed by atoms with E-state index in [0.29, 0.717) is 31.4 Å². The fraction of sp³-hybridized carbons (Fsp3) is 0.333. The molecule has 0 heterocycles. The van der Waals surface area contributed by atoms with Gasteiger partial charge in [-0.25, -0.2) is 4.39 Å². The first-order valence-electron chi connectivity index (χ1n) is 8.76. The molecule has 1 fully saturated rings. The molecule has 0 aliphatic heterocycles. The highest BCUT2D eigenvalue weighted by molar-refractivity contribution is 5.75. The molecule has 0 radical (unpaired) electrons. The van der Waals surface area contributed by atoms with Gasteiger partial charge in [0.05, 0.1) is 5.92 Å². The summed E-state index contributed by atoms with van der Waals surface area (Å²) >= 11 is 0. The second-order valence-corrected chi connectivity index (χ2v) is 6.54. The summed E-state index contributed by atoms with van der Waals surface area (Å²) in [6, 6.07) is 13.4. The molecule has 1 aliphatic carbocycles. The van der Waals surface area contributed by atoms with E-state index in [0.717, 1.165) is 11.1 Å². The fourth-order valence-corrected chi connectivity index (χ4v) is 3.21. The Morgan fingerprint density at radius 2 is 1.42 bits per heavy atom. The van der Waals surface area contributed by atoms with E-state index in [1.54, 1.807) is 24.3 Å². The number of hydrogen-bond donors (Lipinski definition) is 0. The predicted octanol–water partition coefficient (Wildman–Crippen LogP) is 4.52. The molecule has 0 atom stereocenters. The van der Waals surface area contributed by atoms with Crippen LogP contribution in [0.5, 0.6) is 5.75 Å². The van der Waals surface area contributed by atoms with Crippen LogP contribution in [-0.2, 0) is 14.3 Å². The minimum atomic E-state index is -0.280. The molecule has 2 aromatic carbocycles. The third kappa shape index (κ3) is 4.69. The van der Waals surface area contributed by atoms with Gasteiger partial charge in [-0.1, -0.05) is 24.3 Å². The average Bonchev–Trinajstić information content (AvgIpc) is 2.63. The summed E-state index contributed by atoms with van der Waals surface area (Å²) in [5, 5.41) is 0. The van der Waals surface area contributed by atoms with Gasteiger partial charge in [-0.2, -0.15) is 0 Å². The SMILES string of the molecule is CC(=O)OC1CCC(C(=O)Oc2ccc(-c3ccc(F)cc3)cc2)CC1. The zero-order valence-electron chi connectivity index (χ0n) is 14.6. The van der Waals surface area contributed by atoms with E-state index >= 15 is 0 Å². The zero-order chi connectivity index (χ0) is 18.5. The average molecular weight is 356 g/mol. The number of benzene rings is 2. The van der Waals surface area contributed by atoms with Crippen molar-refractivity contribution in [1.82, 2.24) is 0 Å². The quantitative estimate of drug-likeness (QED) is 0.597. The van der Waals surface area contributed by atoms with Crippen molar-refractivity contribution in [2.45, 2.75) is 38.7 Å². The van der Waals surface area contributed by atoms with Crippen LogP contribution in [0.1, 0.15) is 32.6 Å². The second-order valence-electron chi connectivity index (χ2n) is 6.54. The Morgan fingerprint density at radius 1 is 0.885 bits per heavy atom. The highest BCUT2D eigenvalue weighted by Crippen LogP contribution is 2.29. The number of esters is 2.